The van der Waals surface area contributed by atoms with Crippen LogP contribution in [-0.2, 0) is 6.42 Å². The molecule has 0 spiro atoms. The van der Waals surface area contributed by atoms with Gasteiger partial charge in [-0.05, 0) is 50.5 Å². The summed E-state index contributed by atoms with van der Waals surface area (Å²) in [5.41, 5.74) is 3.64. The number of benzene rings is 1. The third-order valence-corrected chi connectivity index (χ3v) is 3.12. The highest BCUT2D eigenvalue weighted by Gasteiger charge is 2.13. The van der Waals surface area contributed by atoms with E-state index >= 15 is 0 Å². The van der Waals surface area contributed by atoms with Crippen LogP contribution in [-0.4, -0.2) is 10.1 Å². The van der Waals surface area contributed by atoms with E-state index in [0.717, 1.165) is 41.0 Å². The fourth-order valence-electron chi connectivity index (χ4n) is 2.10. The summed E-state index contributed by atoms with van der Waals surface area (Å²) in [6.45, 7) is 7.84. The van der Waals surface area contributed by atoms with Gasteiger partial charge in [0.15, 0.2) is 0 Å². The second kappa shape index (κ2) is 4.84. The zero-order chi connectivity index (χ0) is 13.3. The van der Waals surface area contributed by atoms with Crippen LogP contribution in [0.5, 0.6) is 5.75 Å². The van der Waals surface area contributed by atoms with Crippen LogP contribution in [0.15, 0.2) is 16.5 Å². The van der Waals surface area contributed by atoms with Gasteiger partial charge in [0.25, 0.3) is 0 Å². The van der Waals surface area contributed by atoms with E-state index in [1.54, 1.807) is 0 Å². The Hall–Kier alpha value is -1.77. The van der Waals surface area contributed by atoms with E-state index in [1.807, 2.05) is 32.9 Å². The normalized spacial score (nSPS) is 10.9. The molecule has 0 fully saturated rings. The second-order valence-electron chi connectivity index (χ2n) is 4.73. The Morgan fingerprint density at radius 1 is 1.17 bits per heavy atom. The maximum absolute atomic E-state index is 9.77. The van der Waals surface area contributed by atoms with Crippen molar-refractivity contribution in [2.75, 3.05) is 0 Å². The molecule has 2 rings (SSSR count). The van der Waals surface area contributed by atoms with Crippen LogP contribution < -0.4 is 0 Å². The van der Waals surface area contributed by atoms with Crippen LogP contribution in [0, 0.1) is 20.8 Å². The molecule has 0 unspecified atom stereocenters. The first-order valence-corrected chi connectivity index (χ1v) is 6.29. The third kappa shape index (κ3) is 2.26. The van der Waals surface area contributed by atoms with Gasteiger partial charge in [-0.25, -0.2) is 4.98 Å². The molecule has 0 saturated carbocycles. The number of aromatic hydroxyl groups is 1. The van der Waals surface area contributed by atoms with E-state index in [-0.39, 0.29) is 0 Å². The second-order valence-corrected chi connectivity index (χ2v) is 4.73. The van der Waals surface area contributed by atoms with Crippen molar-refractivity contribution in [3.05, 3.63) is 34.7 Å². The number of hydrogen-bond donors (Lipinski definition) is 1. The molecule has 1 N–H and O–H groups in total. The average molecular weight is 245 g/mol. The fourth-order valence-corrected chi connectivity index (χ4v) is 2.10. The molecule has 3 nitrogen and oxygen atoms in total. The summed E-state index contributed by atoms with van der Waals surface area (Å²) in [6, 6.07) is 3.81. The van der Waals surface area contributed by atoms with Gasteiger partial charge in [-0.2, -0.15) is 0 Å². The molecule has 0 amide bonds. The summed E-state index contributed by atoms with van der Waals surface area (Å²) in [5, 5.41) is 9.77. The average Bonchev–Trinajstić information content (AvgIpc) is 2.68. The largest absolute Gasteiger partial charge is 0.507 e. The van der Waals surface area contributed by atoms with E-state index in [0.29, 0.717) is 11.6 Å². The van der Waals surface area contributed by atoms with Gasteiger partial charge in [0.05, 0.1) is 5.69 Å². The molecule has 1 aromatic carbocycles. The molecule has 0 aliphatic rings. The Kier molecular flexibility index (Phi) is 3.41. The van der Waals surface area contributed by atoms with Crippen molar-refractivity contribution in [3.63, 3.8) is 0 Å². The zero-order valence-electron chi connectivity index (χ0n) is 11.4. The van der Waals surface area contributed by atoms with Crippen molar-refractivity contribution in [3.8, 4) is 17.2 Å². The summed E-state index contributed by atoms with van der Waals surface area (Å²) in [7, 11) is 0. The Bertz CT molecular complexity index is 547. The summed E-state index contributed by atoms with van der Waals surface area (Å²) in [4.78, 5) is 4.53. The van der Waals surface area contributed by atoms with Crippen LogP contribution in [0.2, 0.25) is 0 Å². The molecule has 2 aromatic rings. The number of rotatable bonds is 3. The number of oxazole rings is 1. The van der Waals surface area contributed by atoms with Gasteiger partial charge in [0.1, 0.15) is 11.5 Å². The lowest BCUT2D eigenvalue weighted by atomic mass is 10.1. The van der Waals surface area contributed by atoms with E-state index in [9.17, 15) is 5.11 Å². The summed E-state index contributed by atoms with van der Waals surface area (Å²) in [6.07, 6.45) is 1.99. The van der Waals surface area contributed by atoms with E-state index < -0.39 is 0 Å². The van der Waals surface area contributed by atoms with Gasteiger partial charge < -0.3 is 9.52 Å². The van der Waals surface area contributed by atoms with E-state index in [2.05, 4.69) is 11.9 Å². The van der Waals surface area contributed by atoms with Crippen LogP contribution in [0.4, 0.5) is 0 Å². The number of aromatic nitrogens is 1. The SMILES string of the molecule is CCCc1nc(-c2cc(C)c(O)c(C)c2)oc1C. The molecule has 0 saturated heterocycles. The van der Waals surface area contributed by atoms with Gasteiger partial charge >= 0.3 is 0 Å². The first-order chi connectivity index (χ1) is 8.52. The van der Waals surface area contributed by atoms with Crippen LogP contribution in [0.3, 0.4) is 0 Å². The molecule has 0 atom stereocenters. The van der Waals surface area contributed by atoms with Crippen molar-refractivity contribution < 1.29 is 9.52 Å². The summed E-state index contributed by atoms with van der Waals surface area (Å²) in [5.74, 6) is 1.87. The molecule has 0 radical (unpaired) electrons. The minimum Gasteiger partial charge on any atom is -0.507 e. The summed E-state index contributed by atoms with van der Waals surface area (Å²) < 4.78 is 5.71. The Labute approximate surface area is 107 Å². The topological polar surface area (TPSA) is 46.3 Å². The number of phenols is 1. The van der Waals surface area contributed by atoms with Crippen molar-refractivity contribution >= 4 is 0 Å². The predicted octanol–water partition coefficient (Wildman–Crippen LogP) is 3.92. The lowest BCUT2D eigenvalue weighted by Gasteiger charge is -2.05. The van der Waals surface area contributed by atoms with Gasteiger partial charge in [-0.3, -0.25) is 0 Å². The van der Waals surface area contributed by atoms with Crippen molar-refractivity contribution in [1.82, 2.24) is 4.98 Å². The molecule has 1 aromatic heterocycles. The molecule has 3 heteroatoms. The standard InChI is InChI=1S/C15H19NO2/c1-5-6-13-11(4)18-15(16-13)12-7-9(2)14(17)10(3)8-12/h7-8,17H,5-6H2,1-4H3. The predicted molar refractivity (Wildman–Crippen MR) is 71.8 cm³/mol. The molecular weight excluding hydrogens is 226 g/mol. The summed E-state index contributed by atoms with van der Waals surface area (Å²) >= 11 is 0. The lowest BCUT2D eigenvalue weighted by molar-refractivity contribution is 0.467. The quantitative estimate of drug-likeness (QED) is 0.891. The Morgan fingerprint density at radius 3 is 2.33 bits per heavy atom. The minimum absolute atomic E-state index is 0.343. The van der Waals surface area contributed by atoms with Crippen LogP contribution in [0.25, 0.3) is 11.5 Å². The maximum atomic E-state index is 9.77. The first kappa shape index (κ1) is 12.7. The highest BCUT2D eigenvalue weighted by atomic mass is 16.4. The number of hydrogen-bond acceptors (Lipinski definition) is 3. The highest BCUT2D eigenvalue weighted by Crippen LogP contribution is 2.29. The molecule has 18 heavy (non-hydrogen) atoms. The van der Waals surface area contributed by atoms with Gasteiger partial charge in [-0.1, -0.05) is 13.3 Å². The van der Waals surface area contributed by atoms with Crippen LogP contribution >= 0.6 is 0 Å². The molecule has 1 heterocycles. The highest BCUT2D eigenvalue weighted by molar-refractivity contribution is 5.60. The lowest BCUT2D eigenvalue weighted by Crippen LogP contribution is -1.87. The van der Waals surface area contributed by atoms with E-state index in [1.165, 1.54) is 0 Å². The zero-order valence-corrected chi connectivity index (χ0v) is 11.4. The van der Waals surface area contributed by atoms with Crippen molar-refractivity contribution in [1.29, 1.82) is 0 Å². The van der Waals surface area contributed by atoms with E-state index in [4.69, 9.17) is 4.42 Å². The van der Waals surface area contributed by atoms with Gasteiger partial charge in [0, 0.05) is 5.56 Å². The first-order valence-electron chi connectivity index (χ1n) is 6.29. The fraction of sp³-hybridized carbons (Fsp3) is 0.400. The van der Waals surface area contributed by atoms with Gasteiger partial charge in [0.2, 0.25) is 5.89 Å². The molecule has 96 valence electrons. The number of aryl methyl sites for hydroxylation is 4. The molecular formula is C15H19NO2. The number of nitrogens with zero attached hydrogens (tertiary/aromatic N) is 1. The monoisotopic (exact) mass is 245 g/mol. The molecule has 0 bridgehead atoms. The maximum Gasteiger partial charge on any atom is 0.226 e. The molecule has 0 aliphatic carbocycles. The Morgan fingerprint density at radius 2 is 1.78 bits per heavy atom. The minimum atomic E-state index is 0.343. The third-order valence-electron chi connectivity index (χ3n) is 3.12. The van der Waals surface area contributed by atoms with Crippen LogP contribution in [0.1, 0.15) is 35.9 Å². The van der Waals surface area contributed by atoms with Crippen molar-refractivity contribution in [2.24, 2.45) is 0 Å². The van der Waals surface area contributed by atoms with Gasteiger partial charge in [-0.15, -0.1) is 0 Å². The molecule has 0 aliphatic heterocycles. The Balaban J connectivity index is 2.46. The smallest absolute Gasteiger partial charge is 0.226 e. The number of phenolic OH excluding ortho intramolecular Hbond substituents is 1. The van der Waals surface area contributed by atoms with Crippen molar-refractivity contribution in [2.45, 2.75) is 40.5 Å².